The smallest absolute Gasteiger partial charge is 0.406 e. The molecular weight excluding hydrogens is 395 g/mol. The van der Waals surface area contributed by atoms with E-state index in [2.05, 4.69) is 9.13 Å². The molecular formula is C19H14F3NO2S2. The van der Waals surface area contributed by atoms with Gasteiger partial charge in [0.1, 0.15) is 5.75 Å². The fourth-order valence-corrected chi connectivity index (χ4v) is 3.88. The van der Waals surface area contributed by atoms with Crippen LogP contribution in [0.3, 0.4) is 0 Å². The van der Waals surface area contributed by atoms with Gasteiger partial charge in [-0.25, -0.2) is 4.21 Å². The van der Waals surface area contributed by atoms with Crippen LogP contribution >= 0.6 is 11.3 Å². The highest BCUT2D eigenvalue weighted by Gasteiger charge is 2.31. The number of nitrogens with zero attached hydrogens (tertiary/aromatic N) is 1. The summed E-state index contributed by atoms with van der Waals surface area (Å²) in [6, 6.07) is 16.5. The molecule has 0 fully saturated rings. The summed E-state index contributed by atoms with van der Waals surface area (Å²) in [5.41, 5.74) is 1.67. The molecule has 0 aliphatic heterocycles. The standard InChI is InChI=1S/C19H14F3NO2S2/c1-13-5-8-17(9-6-13)27(24)23-12-16-7-10-18(26-16)14-3-2-4-15(11-14)25-19(20,21)22/h2-12H,1H3/b23-12+/t27-/m1/s1. The van der Waals surface area contributed by atoms with E-state index >= 15 is 0 Å². The minimum atomic E-state index is -4.73. The number of ether oxygens (including phenoxy) is 1. The van der Waals surface area contributed by atoms with Crippen LogP contribution in [0.1, 0.15) is 10.4 Å². The van der Waals surface area contributed by atoms with E-state index in [0.29, 0.717) is 10.5 Å². The number of rotatable bonds is 5. The lowest BCUT2D eigenvalue weighted by atomic mass is 10.2. The van der Waals surface area contributed by atoms with Crippen LogP contribution in [0.2, 0.25) is 0 Å². The van der Waals surface area contributed by atoms with Crippen molar-refractivity contribution in [3.8, 4) is 16.2 Å². The molecule has 3 aromatic rings. The third-order valence-electron chi connectivity index (χ3n) is 3.48. The zero-order valence-electron chi connectivity index (χ0n) is 14.1. The Balaban J connectivity index is 1.74. The first kappa shape index (κ1) is 19.3. The number of hydrogen-bond donors (Lipinski definition) is 0. The van der Waals surface area contributed by atoms with Crippen molar-refractivity contribution in [2.24, 2.45) is 4.40 Å². The summed E-state index contributed by atoms with van der Waals surface area (Å²) < 4.78 is 57.2. The Hall–Kier alpha value is -2.45. The molecule has 0 amide bonds. The molecule has 0 aliphatic carbocycles. The van der Waals surface area contributed by atoms with Crippen molar-refractivity contribution in [2.45, 2.75) is 18.2 Å². The average molecular weight is 409 g/mol. The highest BCUT2D eigenvalue weighted by molar-refractivity contribution is 7.83. The molecule has 1 heterocycles. The summed E-state index contributed by atoms with van der Waals surface area (Å²) in [4.78, 5) is 2.10. The van der Waals surface area contributed by atoms with Crippen molar-refractivity contribution < 1.29 is 22.1 Å². The molecule has 0 unspecified atom stereocenters. The summed E-state index contributed by atoms with van der Waals surface area (Å²) >= 11 is 1.33. The summed E-state index contributed by atoms with van der Waals surface area (Å²) in [5, 5.41) is 0. The van der Waals surface area contributed by atoms with Crippen LogP contribution < -0.4 is 4.74 Å². The molecule has 0 bridgehead atoms. The van der Waals surface area contributed by atoms with E-state index in [0.717, 1.165) is 15.3 Å². The second-order valence-corrected chi connectivity index (χ2v) is 7.87. The lowest BCUT2D eigenvalue weighted by molar-refractivity contribution is -0.274. The number of thiophene rings is 1. The van der Waals surface area contributed by atoms with Gasteiger partial charge in [-0.2, -0.15) is 4.40 Å². The molecule has 0 saturated heterocycles. The Morgan fingerprint density at radius 2 is 1.81 bits per heavy atom. The molecule has 0 aliphatic rings. The van der Waals surface area contributed by atoms with Gasteiger partial charge in [0.15, 0.2) is 11.0 Å². The molecule has 3 rings (SSSR count). The maximum absolute atomic E-state index is 12.4. The maximum Gasteiger partial charge on any atom is 0.573 e. The topological polar surface area (TPSA) is 38.7 Å². The van der Waals surface area contributed by atoms with E-state index in [4.69, 9.17) is 0 Å². The molecule has 0 N–H and O–H groups in total. The van der Waals surface area contributed by atoms with E-state index in [1.54, 1.807) is 30.3 Å². The van der Waals surface area contributed by atoms with Crippen molar-refractivity contribution in [3.63, 3.8) is 0 Å². The molecule has 1 atom stereocenters. The van der Waals surface area contributed by atoms with Crippen molar-refractivity contribution in [2.75, 3.05) is 0 Å². The number of aryl methyl sites for hydroxylation is 1. The van der Waals surface area contributed by atoms with E-state index < -0.39 is 17.3 Å². The lowest BCUT2D eigenvalue weighted by Crippen LogP contribution is -2.17. The first-order valence-corrected chi connectivity index (χ1v) is 9.71. The second-order valence-electron chi connectivity index (χ2n) is 5.57. The minimum absolute atomic E-state index is 0.274. The monoisotopic (exact) mass is 409 g/mol. The summed E-state index contributed by atoms with van der Waals surface area (Å²) in [7, 11) is -1.51. The van der Waals surface area contributed by atoms with Gasteiger partial charge >= 0.3 is 6.36 Å². The molecule has 3 nitrogen and oxygen atoms in total. The van der Waals surface area contributed by atoms with Crippen LogP contribution in [0.5, 0.6) is 5.75 Å². The molecule has 1 aromatic heterocycles. The minimum Gasteiger partial charge on any atom is -0.406 e. The average Bonchev–Trinajstić information content (AvgIpc) is 3.08. The molecule has 0 radical (unpaired) electrons. The lowest BCUT2D eigenvalue weighted by Gasteiger charge is -2.09. The van der Waals surface area contributed by atoms with Crippen molar-refractivity contribution in [1.29, 1.82) is 0 Å². The zero-order chi connectivity index (χ0) is 19.4. The number of benzene rings is 2. The molecule has 8 heteroatoms. The van der Waals surface area contributed by atoms with Gasteiger partial charge in [-0.15, -0.1) is 24.5 Å². The Kier molecular flexibility index (Phi) is 5.76. The molecule has 27 heavy (non-hydrogen) atoms. The first-order chi connectivity index (χ1) is 12.8. The largest absolute Gasteiger partial charge is 0.573 e. The first-order valence-electron chi connectivity index (χ1n) is 7.79. The summed E-state index contributed by atoms with van der Waals surface area (Å²) in [6.07, 6.45) is -3.23. The van der Waals surface area contributed by atoms with Crippen LogP contribution in [0.15, 0.2) is 70.0 Å². The van der Waals surface area contributed by atoms with Crippen molar-refractivity contribution >= 4 is 28.5 Å². The van der Waals surface area contributed by atoms with E-state index in [9.17, 15) is 17.4 Å². The van der Waals surface area contributed by atoms with Crippen LogP contribution in [-0.4, -0.2) is 16.8 Å². The van der Waals surface area contributed by atoms with E-state index in [1.165, 1.54) is 35.8 Å². The number of hydrogen-bond acceptors (Lipinski definition) is 3. The van der Waals surface area contributed by atoms with Crippen LogP contribution in [0, 0.1) is 6.92 Å². The van der Waals surface area contributed by atoms with Gasteiger partial charge in [0.05, 0.1) is 11.1 Å². The second kappa shape index (κ2) is 8.06. The van der Waals surface area contributed by atoms with Gasteiger partial charge in [-0.3, -0.25) is 0 Å². The molecule has 140 valence electrons. The number of halogens is 3. The Morgan fingerprint density at radius 1 is 1.07 bits per heavy atom. The quantitative estimate of drug-likeness (QED) is 0.502. The molecule has 0 saturated carbocycles. The fraction of sp³-hybridized carbons (Fsp3) is 0.105. The predicted molar refractivity (Wildman–Crippen MR) is 102 cm³/mol. The number of alkyl halides is 3. The summed E-state index contributed by atoms with van der Waals surface area (Å²) in [6.45, 7) is 1.94. The normalized spacial score (nSPS) is 13.0. The van der Waals surface area contributed by atoms with Gasteiger partial charge < -0.3 is 4.74 Å². The van der Waals surface area contributed by atoms with Crippen LogP contribution in [-0.2, 0) is 11.0 Å². The highest BCUT2D eigenvalue weighted by Crippen LogP contribution is 2.31. The van der Waals surface area contributed by atoms with Crippen molar-refractivity contribution in [1.82, 2.24) is 0 Å². The fourth-order valence-electron chi connectivity index (χ4n) is 2.24. The SMILES string of the molecule is Cc1ccc([S@@](=O)/N=C/c2ccc(-c3cccc(OC(F)(F)F)c3)s2)cc1. The Morgan fingerprint density at radius 3 is 2.52 bits per heavy atom. The van der Waals surface area contributed by atoms with Gasteiger partial charge in [-0.05, 0) is 48.9 Å². The Bertz CT molecular complexity index is 979. The van der Waals surface area contributed by atoms with Crippen LogP contribution in [0.25, 0.3) is 10.4 Å². The Labute approximate surface area is 160 Å². The van der Waals surface area contributed by atoms with Crippen molar-refractivity contribution in [3.05, 3.63) is 71.1 Å². The van der Waals surface area contributed by atoms with Crippen LogP contribution in [0.4, 0.5) is 13.2 Å². The van der Waals surface area contributed by atoms with Gasteiger partial charge in [-0.1, -0.05) is 29.8 Å². The van der Waals surface area contributed by atoms with Gasteiger partial charge in [0, 0.05) is 9.75 Å². The molecule has 2 aromatic carbocycles. The summed E-state index contributed by atoms with van der Waals surface area (Å²) in [5.74, 6) is -0.274. The third-order valence-corrected chi connectivity index (χ3v) is 5.52. The van der Waals surface area contributed by atoms with E-state index in [-0.39, 0.29) is 5.75 Å². The van der Waals surface area contributed by atoms with Gasteiger partial charge in [0.25, 0.3) is 0 Å². The van der Waals surface area contributed by atoms with Gasteiger partial charge in [0.2, 0.25) is 0 Å². The third kappa shape index (κ3) is 5.51. The zero-order valence-corrected chi connectivity index (χ0v) is 15.7. The predicted octanol–water partition coefficient (Wildman–Crippen LogP) is 5.76. The molecule has 0 spiro atoms. The maximum atomic E-state index is 12.4. The highest BCUT2D eigenvalue weighted by atomic mass is 32.2. The van der Waals surface area contributed by atoms with E-state index in [1.807, 2.05) is 19.1 Å².